The Bertz CT molecular complexity index is 1020. The predicted molar refractivity (Wildman–Crippen MR) is 107 cm³/mol. The van der Waals surface area contributed by atoms with Crippen molar-refractivity contribution in [2.75, 3.05) is 5.73 Å². The maximum absolute atomic E-state index is 12.0. The molecule has 0 bridgehead atoms. The van der Waals surface area contributed by atoms with Crippen LogP contribution < -0.4 is 5.73 Å². The van der Waals surface area contributed by atoms with Gasteiger partial charge in [0.05, 0.1) is 11.3 Å². The summed E-state index contributed by atoms with van der Waals surface area (Å²) in [5.41, 5.74) is 8.59. The molecular weight excluding hydrogens is 356 g/mol. The molecule has 0 unspecified atom stereocenters. The van der Waals surface area contributed by atoms with Crippen LogP contribution in [0.25, 0.3) is 0 Å². The molecule has 28 heavy (non-hydrogen) atoms. The molecule has 0 aromatic heterocycles. The number of rotatable bonds is 4. The molecule has 0 spiro atoms. The van der Waals surface area contributed by atoms with E-state index >= 15 is 0 Å². The number of hydrogen-bond acceptors (Lipinski definition) is 5. The fraction of sp³-hybridized carbons (Fsp3) is 0.0455. The van der Waals surface area contributed by atoms with Gasteiger partial charge in [-0.15, -0.1) is 0 Å². The largest absolute Gasteiger partial charge is 0.478 e. The first kappa shape index (κ1) is 20.3. The number of hydrogen-bond donors (Lipinski definition) is 2. The number of aromatic carboxylic acids is 1. The number of anilines is 1. The van der Waals surface area contributed by atoms with Crippen LogP contribution in [0.3, 0.4) is 0 Å². The molecule has 3 N–H and O–H groups in total. The topological polar surface area (TPSA) is 110 Å². The van der Waals surface area contributed by atoms with Crippen molar-refractivity contribution in [3.8, 4) is 0 Å². The Balaban J connectivity index is 0.000000221. The molecule has 0 aliphatic rings. The van der Waals surface area contributed by atoms with Gasteiger partial charge in [-0.3, -0.25) is 4.79 Å². The van der Waals surface area contributed by atoms with E-state index in [2.05, 4.69) is 4.99 Å². The summed E-state index contributed by atoms with van der Waals surface area (Å²) in [6.45, 7) is 1.86. The van der Waals surface area contributed by atoms with Gasteiger partial charge in [-0.2, -0.15) is 4.99 Å². The third-order valence-electron chi connectivity index (χ3n) is 3.78. The Labute approximate surface area is 162 Å². The van der Waals surface area contributed by atoms with Crippen LogP contribution in [0.4, 0.5) is 11.4 Å². The van der Waals surface area contributed by atoms with Crippen LogP contribution in [0.2, 0.25) is 0 Å². The summed E-state index contributed by atoms with van der Waals surface area (Å²) in [5, 5.41) is 8.58. The minimum Gasteiger partial charge on any atom is -0.478 e. The van der Waals surface area contributed by atoms with E-state index in [1.54, 1.807) is 48.5 Å². The monoisotopic (exact) mass is 374 g/mol. The number of nitrogens with two attached hydrogens (primary N) is 1. The molecule has 0 fully saturated rings. The molecule has 0 saturated heterocycles. The highest BCUT2D eigenvalue weighted by atomic mass is 16.4. The second-order valence-corrected chi connectivity index (χ2v) is 5.84. The molecule has 0 heterocycles. The quantitative estimate of drug-likeness (QED) is 0.308. The van der Waals surface area contributed by atoms with Gasteiger partial charge in [0.25, 0.3) is 0 Å². The molecule has 6 nitrogen and oxygen atoms in total. The van der Waals surface area contributed by atoms with Gasteiger partial charge < -0.3 is 10.8 Å². The minimum atomic E-state index is -0.984. The van der Waals surface area contributed by atoms with E-state index in [9.17, 15) is 14.4 Å². The highest BCUT2D eigenvalue weighted by Gasteiger charge is 2.07. The first-order valence-corrected chi connectivity index (χ1v) is 8.29. The summed E-state index contributed by atoms with van der Waals surface area (Å²) in [6.07, 6.45) is 1.45. The SMILES string of the molecule is Cc1ccc(C(=O)O)c(N)c1.O=C=Nc1ccc(C(=O)c2ccccc2)cc1. The summed E-state index contributed by atoms with van der Waals surface area (Å²) in [5.74, 6) is -1.03. The molecule has 0 atom stereocenters. The van der Waals surface area contributed by atoms with Gasteiger partial charge in [0.15, 0.2) is 5.78 Å². The molecule has 3 aromatic carbocycles. The average molecular weight is 374 g/mol. The lowest BCUT2D eigenvalue weighted by Crippen LogP contribution is -2.01. The Morgan fingerprint density at radius 2 is 1.54 bits per heavy atom. The van der Waals surface area contributed by atoms with Crippen LogP contribution in [0.5, 0.6) is 0 Å². The van der Waals surface area contributed by atoms with Crippen molar-refractivity contribution < 1.29 is 19.5 Å². The predicted octanol–water partition coefficient (Wildman–Crippen LogP) is 4.16. The molecule has 0 aliphatic heterocycles. The molecule has 140 valence electrons. The Morgan fingerprint density at radius 3 is 2.07 bits per heavy atom. The number of carbonyl (C=O) groups is 2. The van der Waals surface area contributed by atoms with Crippen LogP contribution in [-0.2, 0) is 4.79 Å². The number of benzene rings is 3. The van der Waals surface area contributed by atoms with E-state index in [1.807, 2.05) is 25.1 Å². The van der Waals surface area contributed by atoms with Crippen LogP contribution in [-0.4, -0.2) is 22.9 Å². The van der Waals surface area contributed by atoms with Gasteiger partial charge in [0.1, 0.15) is 0 Å². The number of isocyanates is 1. The van der Waals surface area contributed by atoms with E-state index in [4.69, 9.17) is 10.8 Å². The van der Waals surface area contributed by atoms with Gasteiger partial charge in [-0.25, -0.2) is 9.59 Å². The molecule has 3 rings (SSSR count). The summed E-state index contributed by atoms with van der Waals surface area (Å²) in [4.78, 5) is 36.0. The second-order valence-electron chi connectivity index (χ2n) is 5.84. The standard InChI is InChI=1S/C14H9NO2.C8H9NO2/c16-10-15-13-8-6-12(7-9-13)14(17)11-4-2-1-3-5-11;1-5-2-3-6(8(10)11)7(9)4-5/h1-9H;2-4H,9H2,1H3,(H,10,11). The van der Waals surface area contributed by atoms with Crippen LogP contribution >= 0.6 is 0 Å². The van der Waals surface area contributed by atoms with Crippen molar-refractivity contribution in [2.24, 2.45) is 4.99 Å². The van der Waals surface area contributed by atoms with E-state index in [-0.39, 0.29) is 11.3 Å². The fourth-order valence-electron chi connectivity index (χ4n) is 2.37. The van der Waals surface area contributed by atoms with Crippen molar-refractivity contribution in [1.82, 2.24) is 0 Å². The van der Waals surface area contributed by atoms with Gasteiger partial charge in [-0.05, 0) is 48.9 Å². The maximum Gasteiger partial charge on any atom is 0.337 e. The maximum atomic E-state index is 12.0. The number of ketones is 1. The average Bonchev–Trinajstić information content (AvgIpc) is 2.69. The Kier molecular flexibility index (Phi) is 6.97. The van der Waals surface area contributed by atoms with Crippen molar-refractivity contribution >= 4 is 29.2 Å². The normalized spacial score (nSPS) is 9.46. The zero-order valence-corrected chi connectivity index (χ0v) is 15.1. The molecule has 0 saturated carbocycles. The van der Waals surface area contributed by atoms with Crippen LogP contribution in [0, 0.1) is 6.92 Å². The summed E-state index contributed by atoms with van der Waals surface area (Å²) in [7, 11) is 0. The fourth-order valence-corrected chi connectivity index (χ4v) is 2.37. The van der Waals surface area contributed by atoms with E-state index in [0.29, 0.717) is 22.5 Å². The molecule has 0 aliphatic carbocycles. The van der Waals surface area contributed by atoms with Gasteiger partial charge in [-0.1, -0.05) is 36.4 Å². The zero-order valence-electron chi connectivity index (χ0n) is 15.1. The van der Waals surface area contributed by atoms with Gasteiger partial charge in [0.2, 0.25) is 6.08 Å². The lowest BCUT2D eigenvalue weighted by atomic mass is 10.0. The molecule has 0 radical (unpaired) electrons. The van der Waals surface area contributed by atoms with Crippen molar-refractivity contribution in [2.45, 2.75) is 6.92 Å². The Morgan fingerprint density at radius 1 is 0.929 bits per heavy atom. The highest BCUT2D eigenvalue weighted by molar-refractivity contribution is 6.09. The first-order chi connectivity index (χ1) is 13.4. The van der Waals surface area contributed by atoms with E-state index in [1.165, 1.54) is 12.1 Å². The van der Waals surface area contributed by atoms with Crippen LogP contribution in [0.1, 0.15) is 31.8 Å². The van der Waals surface area contributed by atoms with Gasteiger partial charge in [0, 0.05) is 16.8 Å². The third kappa shape index (κ3) is 5.49. The number of carboxylic acids is 1. The number of carbonyl (C=O) groups excluding carboxylic acids is 2. The number of aliphatic imine (C=N–C) groups is 1. The number of nitrogens with zero attached hydrogens (tertiary/aromatic N) is 1. The van der Waals surface area contributed by atoms with Gasteiger partial charge >= 0.3 is 5.97 Å². The van der Waals surface area contributed by atoms with E-state index < -0.39 is 5.97 Å². The van der Waals surface area contributed by atoms with Crippen molar-refractivity contribution in [3.63, 3.8) is 0 Å². The minimum absolute atomic E-state index is 0.0489. The third-order valence-corrected chi connectivity index (χ3v) is 3.78. The van der Waals surface area contributed by atoms with Crippen molar-refractivity contribution in [3.05, 3.63) is 95.1 Å². The summed E-state index contributed by atoms with van der Waals surface area (Å²) >= 11 is 0. The lowest BCUT2D eigenvalue weighted by molar-refractivity contribution is 0.0698. The molecule has 0 amide bonds. The molecule has 3 aromatic rings. The zero-order chi connectivity index (χ0) is 20.5. The first-order valence-electron chi connectivity index (χ1n) is 8.29. The number of aryl methyl sites for hydroxylation is 1. The number of nitrogen functional groups attached to an aromatic ring is 1. The molecular formula is C22H18N2O4. The van der Waals surface area contributed by atoms with Crippen LogP contribution in [0.15, 0.2) is 77.8 Å². The number of carboxylic acid groups (broad SMARTS) is 1. The summed E-state index contributed by atoms with van der Waals surface area (Å²) in [6, 6.07) is 20.4. The van der Waals surface area contributed by atoms with Crippen molar-refractivity contribution in [1.29, 1.82) is 0 Å². The highest BCUT2D eigenvalue weighted by Crippen LogP contribution is 2.15. The molecule has 6 heteroatoms. The van der Waals surface area contributed by atoms with E-state index in [0.717, 1.165) is 5.56 Å². The second kappa shape index (κ2) is 9.62. The smallest absolute Gasteiger partial charge is 0.337 e. The Hall–Kier alpha value is -4.02. The lowest BCUT2D eigenvalue weighted by Gasteiger charge is -2.00. The summed E-state index contributed by atoms with van der Waals surface area (Å²) < 4.78 is 0.